The van der Waals surface area contributed by atoms with Gasteiger partial charge in [0.25, 0.3) is 0 Å². The van der Waals surface area contributed by atoms with E-state index in [1.165, 1.54) is 11.9 Å². The molecule has 26 heavy (non-hydrogen) atoms. The van der Waals surface area contributed by atoms with Gasteiger partial charge in [0.1, 0.15) is 5.15 Å². The number of amides is 1. The number of rotatable bonds is 2. The van der Waals surface area contributed by atoms with Crippen LogP contribution < -0.4 is 0 Å². The molecule has 1 aliphatic heterocycles. The highest BCUT2D eigenvalue weighted by Crippen LogP contribution is 2.35. The van der Waals surface area contributed by atoms with Crippen molar-refractivity contribution in [2.45, 2.75) is 13.2 Å². The molecule has 1 aliphatic rings. The van der Waals surface area contributed by atoms with Crippen LogP contribution in [0.5, 0.6) is 0 Å². The standard InChI is InChI=1S/C19H13BrClN3O2/c1-11(25)24-19(26-18(23-24)12-6-8-14(20)9-7-12)15-10-13-4-2-3-5-16(13)22-17(15)21/h2-10,19H,1H3. The van der Waals surface area contributed by atoms with Crippen LogP contribution in [-0.2, 0) is 9.53 Å². The molecule has 7 heteroatoms. The van der Waals surface area contributed by atoms with Crippen LogP contribution in [0.15, 0.2) is 64.2 Å². The van der Waals surface area contributed by atoms with E-state index in [-0.39, 0.29) is 11.1 Å². The average Bonchev–Trinajstić information content (AvgIpc) is 3.07. The Morgan fingerprint density at radius 1 is 1.19 bits per heavy atom. The van der Waals surface area contributed by atoms with E-state index in [1.54, 1.807) is 0 Å². The molecule has 1 aromatic heterocycles. The van der Waals surface area contributed by atoms with Crippen LogP contribution in [0.2, 0.25) is 5.15 Å². The highest BCUT2D eigenvalue weighted by atomic mass is 79.9. The number of fused-ring (bicyclic) bond motifs is 1. The molecule has 0 saturated heterocycles. The second kappa shape index (κ2) is 6.70. The third-order valence-corrected chi connectivity index (χ3v) is 4.86. The summed E-state index contributed by atoms with van der Waals surface area (Å²) in [6.45, 7) is 1.44. The number of nitrogens with zero attached hydrogens (tertiary/aromatic N) is 3. The molecule has 0 radical (unpaired) electrons. The van der Waals surface area contributed by atoms with E-state index in [2.05, 4.69) is 26.0 Å². The molecule has 0 aliphatic carbocycles. The molecule has 0 fully saturated rings. The first kappa shape index (κ1) is 17.0. The van der Waals surface area contributed by atoms with Gasteiger partial charge in [0.15, 0.2) is 0 Å². The lowest BCUT2D eigenvalue weighted by molar-refractivity contribution is -0.135. The SMILES string of the molecule is CC(=O)N1N=C(c2ccc(Br)cc2)OC1c1cc2ccccc2nc1Cl. The molecule has 130 valence electrons. The number of carbonyl (C=O) groups excluding carboxylic acids is 1. The van der Waals surface area contributed by atoms with Crippen LogP contribution in [0.1, 0.15) is 24.3 Å². The highest BCUT2D eigenvalue weighted by Gasteiger charge is 2.35. The third-order valence-electron chi connectivity index (χ3n) is 4.03. The normalized spacial score (nSPS) is 16.5. The largest absolute Gasteiger partial charge is 0.446 e. The Labute approximate surface area is 163 Å². The molecule has 0 N–H and O–H groups in total. The molecule has 2 aromatic carbocycles. The number of pyridine rings is 1. The summed E-state index contributed by atoms with van der Waals surface area (Å²) in [5, 5.41) is 6.83. The van der Waals surface area contributed by atoms with Gasteiger partial charge >= 0.3 is 0 Å². The zero-order valence-electron chi connectivity index (χ0n) is 13.7. The molecule has 1 atom stereocenters. The molecule has 1 amide bonds. The lowest BCUT2D eigenvalue weighted by Crippen LogP contribution is -2.25. The fourth-order valence-electron chi connectivity index (χ4n) is 2.76. The van der Waals surface area contributed by atoms with Crippen molar-refractivity contribution in [3.8, 4) is 0 Å². The smallest absolute Gasteiger partial charge is 0.243 e. The maximum Gasteiger partial charge on any atom is 0.243 e. The van der Waals surface area contributed by atoms with Crippen LogP contribution in [0.4, 0.5) is 0 Å². The Bertz CT molecular complexity index is 1040. The molecule has 0 saturated carbocycles. The van der Waals surface area contributed by atoms with Gasteiger partial charge in [-0.2, -0.15) is 5.01 Å². The Kier molecular flexibility index (Phi) is 4.38. The number of ether oxygens (including phenoxy) is 1. The summed E-state index contributed by atoms with van der Waals surface area (Å²) < 4.78 is 6.94. The quantitative estimate of drug-likeness (QED) is 0.544. The minimum atomic E-state index is -0.754. The molecule has 1 unspecified atom stereocenters. The molecule has 0 bridgehead atoms. The first-order valence-electron chi connectivity index (χ1n) is 7.89. The van der Waals surface area contributed by atoms with Gasteiger partial charge in [-0.1, -0.05) is 45.7 Å². The summed E-state index contributed by atoms with van der Waals surface area (Å²) in [6.07, 6.45) is -0.754. The first-order chi connectivity index (χ1) is 12.5. The summed E-state index contributed by atoms with van der Waals surface area (Å²) in [5.41, 5.74) is 2.14. The number of hydrogen-bond acceptors (Lipinski definition) is 4. The van der Waals surface area contributed by atoms with Crippen LogP contribution in [0, 0.1) is 0 Å². The molecule has 3 aromatic rings. The minimum Gasteiger partial charge on any atom is -0.446 e. The monoisotopic (exact) mass is 429 g/mol. The summed E-state index contributed by atoms with van der Waals surface area (Å²) in [6, 6.07) is 17.0. The molecule has 5 nitrogen and oxygen atoms in total. The van der Waals surface area contributed by atoms with Crippen molar-refractivity contribution in [2.24, 2.45) is 5.10 Å². The maximum atomic E-state index is 12.1. The van der Waals surface area contributed by atoms with Gasteiger partial charge in [-0.05, 0) is 36.4 Å². The fourth-order valence-corrected chi connectivity index (χ4v) is 3.26. The van der Waals surface area contributed by atoms with Crippen molar-refractivity contribution in [3.63, 3.8) is 0 Å². The second-order valence-electron chi connectivity index (χ2n) is 5.81. The zero-order chi connectivity index (χ0) is 18.3. The fraction of sp³-hybridized carbons (Fsp3) is 0.105. The molecular formula is C19H13BrClN3O2. The Balaban J connectivity index is 1.76. The lowest BCUT2D eigenvalue weighted by atomic mass is 10.1. The van der Waals surface area contributed by atoms with Crippen LogP contribution in [0.25, 0.3) is 10.9 Å². The van der Waals surface area contributed by atoms with E-state index < -0.39 is 6.23 Å². The van der Waals surface area contributed by atoms with E-state index >= 15 is 0 Å². The Hall–Kier alpha value is -2.44. The van der Waals surface area contributed by atoms with Crippen LogP contribution >= 0.6 is 27.5 Å². The number of benzene rings is 2. The Morgan fingerprint density at radius 2 is 1.92 bits per heavy atom. The lowest BCUT2D eigenvalue weighted by Gasteiger charge is -2.20. The molecule has 4 rings (SSSR count). The van der Waals surface area contributed by atoms with Crippen LogP contribution in [0.3, 0.4) is 0 Å². The van der Waals surface area contributed by atoms with Gasteiger partial charge in [-0.25, -0.2) is 4.98 Å². The minimum absolute atomic E-state index is 0.244. The number of halogens is 2. The highest BCUT2D eigenvalue weighted by molar-refractivity contribution is 9.10. The van der Waals surface area contributed by atoms with Crippen molar-refractivity contribution in [1.29, 1.82) is 0 Å². The number of hydrazone groups is 1. The van der Waals surface area contributed by atoms with Crippen molar-refractivity contribution in [3.05, 3.63) is 75.4 Å². The predicted octanol–water partition coefficient (Wildman–Crippen LogP) is 4.89. The van der Waals surface area contributed by atoms with Crippen molar-refractivity contribution in [2.75, 3.05) is 0 Å². The van der Waals surface area contributed by atoms with E-state index in [9.17, 15) is 4.79 Å². The van der Waals surface area contributed by atoms with Gasteiger partial charge in [-0.15, -0.1) is 5.10 Å². The predicted molar refractivity (Wildman–Crippen MR) is 104 cm³/mol. The van der Waals surface area contributed by atoms with Gasteiger partial charge in [0.05, 0.1) is 11.1 Å². The van der Waals surface area contributed by atoms with Crippen LogP contribution in [-0.4, -0.2) is 21.8 Å². The van der Waals surface area contributed by atoms with E-state index in [1.807, 2.05) is 54.6 Å². The summed E-state index contributed by atoms with van der Waals surface area (Å²) in [7, 11) is 0. The molecule has 0 spiro atoms. The number of para-hydroxylation sites is 1. The van der Waals surface area contributed by atoms with Crippen molar-refractivity contribution in [1.82, 2.24) is 9.99 Å². The van der Waals surface area contributed by atoms with Crippen molar-refractivity contribution >= 4 is 50.2 Å². The number of carbonyl (C=O) groups is 1. The molecular weight excluding hydrogens is 418 g/mol. The summed E-state index contributed by atoms with van der Waals surface area (Å²) in [5.74, 6) is 0.119. The average molecular weight is 431 g/mol. The van der Waals surface area contributed by atoms with Gasteiger partial charge in [0.2, 0.25) is 18.0 Å². The third kappa shape index (κ3) is 3.06. The maximum absolute atomic E-state index is 12.1. The van der Waals surface area contributed by atoms with Gasteiger partial charge < -0.3 is 4.74 Å². The second-order valence-corrected chi connectivity index (χ2v) is 7.08. The van der Waals surface area contributed by atoms with E-state index in [4.69, 9.17) is 16.3 Å². The van der Waals surface area contributed by atoms with Crippen molar-refractivity contribution < 1.29 is 9.53 Å². The molecule has 2 heterocycles. The summed E-state index contributed by atoms with van der Waals surface area (Å²) in [4.78, 5) is 16.5. The summed E-state index contributed by atoms with van der Waals surface area (Å²) >= 11 is 9.78. The number of aromatic nitrogens is 1. The zero-order valence-corrected chi connectivity index (χ0v) is 16.0. The van der Waals surface area contributed by atoms with E-state index in [0.29, 0.717) is 11.5 Å². The Morgan fingerprint density at radius 3 is 2.65 bits per heavy atom. The number of hydrogen-bond donors (Lipinski definition) is 0. The van der Waals surface area contributed by atoms with Gasteiger partial charge in [-0.3, -0.25) is 4.79 Å². The van der Waals surface area contributed by atoms with E-state index in [0.717, 1.165) is 20.9 Å². The first-order valence-corrected chi connectivity index (χ1v) is 9.06. The topological polar surface area (TPSA) is 54.8 Å². The van der Waals surface area contributed by atoms with Gasteiger partial charge in [0, 0.05) is 22.3 Å².